The number of fused-ring (bicyclic) bond motifs is 1. The van der Waals surface area contributed by atoms with E-state index in [4.69, 9.17) is 9.72 Å². The van der Waals surface area contributed by atoms with Gasteiger partial charge >= 0.3 is 0 Å². The van der Waals surface area contributed by atoms with E-state index in [0.29, 0.717) is 40.2 Å². The maximum atomic E-state index is 14.0. The monoisotopic (exact) mass is 462 g/mol. The Morgan fingerprint density at radius 2 is 2.15 bits per heavy atom. The molecular weight excluding hydrogens is 439 g/mol. The van der Waals surface area contributed by atoms with E-state index in [-0.39, 0.29) is 11.9 Å². The predicted molar refractivity (Wildman–Crippen MR) is 122 cm³/mol. The minimum absolute atomic E-state index is 0.141. The van der Waals surface area contributed by atoms with E-state index in [1.807, 2.05) is 12.1 Å². The van der Waals surface area contributed by atoms with Gasteiger partial charge in [0.25, 0.3) is 5.91 Å². The molecule has 2 aliphatic rings. The average molecular weight is 462 g/mol. The number of pyridine rings is 1. The molecule has 1 atom stereocenters. The summed E-state index contributed by atoms with van der Waals surface area (Å²) in [7, 11) is 1.53. The lowest BCUT2D eigenvalue weighted by molar-refractivity contribution is 0.102. The number of carbonyl (C=O) groups excluding carboxylic acids is 1. The van der Waals surface area contributed by atoms with Crippen LogP contribution in [0.5, 0.6) is 5.88 Å². The fourth-order valence-electron chi connectivity index (χ4n) is 4.58. The summed E-state index contributed by atoms with van der Waals surface area (Å²) in [5.41, 5.74) is 2.50. The van der Waals surface area contributed by atoms with Crippen molar-refractivity contribution in [3.63, 3.8) is 0 Å². The van der Waals surface area contributed by atoms with E-state index in [2.05, 4.69) is 30.5 Å². The third-order valence-corrected chi connectivity index (χ3v) is 6.40. The van der Waals surface area contributed by atoms with Gasteiger partial charge in [-0.1, -0.05) is 0 Å². The summed E-state index contributed by atoms with van der Waals surface area (Å²) in [5, 5.41) is 14.3. The van der Waals surface area contributed by atoms with Crippen molar-refractivity contribution in [2.45, 2.75) is 37.6 Å². The molecule has 2 N–H and O–H groups in total. The smallest absolute Gasteiger partial charge is 0.262 e. The molecule has 174 valence electrons. The highest BCUT2D eigenvalue weighted by Gasteiger charge is 2.31. The zero-order chi connectivity index (χ0) is 23.2. The molecule has 1 unspecified atom stereocenters. The lowest BCUT2D eigenvalue weighted by atomic mass is 10.1. The van der Waals surface area contributed by atoms with E-state index in [9.17, 15) is 9.18 Å². The third kappa shape index (κ3) is 3.62. The van der Waals surface area contributed by atoms with Crippen molar-refractivity contribution in [3.8, 4) is 5.88 Å². The number of hydrogen-bond acceptors (Lipinski definition) is 7. The molecular formula is C23H23FN8O2. The first-order valence-corrected chi connectivity index (χ1v) is 11.3. The molecule has 4 aromatic rings. The summed E-state index contributed by atoms with van der Waals surface area (Å²) in [6.07, 6.45) is 8.42. The van der Waals surface area contributed by atoms with Crippen LogP contribution in [0.4, 0.5) is 16.0 Å². The van der Waals surface area contributed by atoms with Crippen molar-refractivity contribution in [2.75, 3.05) is 23.9 Å². The number of methoxy groups -OCH3 is 1. The molecule has 5 heterocycles. The molecule has 0 bridgehead atoms. The van der Waals surface area contributed by atoms with Crippen LogP contribution in [0.3, 0.4) is 0 Å². The molecule has 11 heteroatoms. The first kappa shape index (κ1) is 20.6. The Hall–Kier alpha value is -4.02. The van der Waals surface area contributed by atoms with Crippen LogP contribution in [-0.4, -0.2) is 49.3 Å². The number of H-pyrrole nitrogens is 1. The molecule has 1 saturated carbocycles. The Balaban J connectivity index is 1.30. The summed E-state index contributed by atoms with van der Waals surface area (Å²) < 4.78 is 20.9. The van der Waals surface area contributed by atoms with Gasteiger partial charge in [-0.05, 0) is 37.8 Å². The van der Waals surface area contributed by atoms with Gasteiger partial charge in [-0.2, -0.15) is 10.2 Å². The van der Waals surface area contributed by atoms with E-state index in [1.165, 1.54) is 19.4 Å². The van der Waals surface area contributed by atoms with Gasteiger partial charge in [0.1, 0.15) is 17.2 Å². The highest BCUT2D eigenvalue weighted by molar-refractivity contribution is 6.07. The van der Waals surface area contributed by atoms with Crippen molar-refractivity contribution in [1.82, 2.24) is 29.8 Å². The normalized spacial score (nSPS) is 17.9. The Morgan fingerprint density at radius 1 is 1.26 bits per heavy atom. The molecule has 1 aliphatic carbocycles. The Bertz CT molecular complexity index is 1380. The van der Waals surface area contributed by atoms with Gasteiger partial charge in [0, 0.05) is 36.0 Å². The van der Waals surface area contributed by atoms with Crippen LogP contribution in [0, 0.1) is 5.82 Å². The van der Waals surface area contributed by atoms with Gasteiger partial charge in [0.15, 0.2) is 11.5 Å². The van der Waals surface area contributed by atoms with Gasteiger partial charge < -0.3 is 15.0 Å². The number of carbonyl (C=O) groups is 1. The van der Waals surface area contributed by atoms with E-state index in [0.717, 1.165) is 44.1 Å². The largest absolute Gasteiger partial charge is 0.481 e. The molecule has 1 aliphatic heterocycles. The van der Waals surface area contributed by atoms with E-state index < -0.39 is 5.82 Å². The lowest BCUT2D eigenvalue weighted by Crippen LogP contribution is -2.24. The number of nitrogens with one attached hydrogen (secondary N) is 2. The third-order valence-electron chi connectivity index (χ3n) is 6.40. The standard InChI is InChI=1S/C23H23FN8O2/c1-34-23-15(9-14(24)11-25-23)18-3-2-7-31(18)20-6-8-32-21(28-20)16(12-26-32)22(33)27-19-10-17(29-30-19)13-4-5-13/h6,8-13,18H,2-5,7H2,1H3,(H2,27,29,30,33). The summed E-state index contributed by atoms with van der Waals surface area (Å²) >= 11 is 0. The van der Waals surface area contributed by atoms with E-state index >= 15 is 0 Å². The second-order valence-electron chi connectivity index (χ2n) is 8.65. The summed E-state index contributed by atoms with van der Waals surface area (Å²) in [5.74, 6) is 1.32. The van der Waals surface area contributed by atoms with Crippen molar-refractivity contribution in [2.24, 2.45) is 0 Å². The highest BCUT2D eigenvalue weighted by Crippen LogP contribution is 2.40. The maximum Gasteiger partial charge on any atom is 0.262 e. The number of aromatic amines is 1. The minimum atomic E-state index is -0.413. The summed E-state index contributed by atoms with van der Waals surface area (Å²) in [6.45, 7) is 0.736. The SMILES string of the molecule is COc1ncc(F)cc1C1CCCN1c1ccn2ncc(C(=O)Nc3cc(C4CC4)[nH]n3)c2n1. The molecule has 0 aromatic carbocycles. The van der Waals surface area contributed by atoms with Crippen molar-refractivity contribution in [1.29, 1.82) is 0 Å². The first-order valence-electron chi connectivity index (χ1n) is 11.3. The van der Waals surface area contributed by atoms with Gasteiger partial charge in [-0.3, -0.25) is 9.89 Å². The Kier molecular flexibility index (Phi) is 4.89. The minimum Gasteiger partial charge on any atom is -0.481 e. The van der Waals surface area contributed by atoms with Crippen LogP contribution in [-0.2, 0) is 0 Å². The predicted octanol–water partition coefficient (Wildman–Crippen LogP) is 3.47. The zero-order valence-corrected chi connectivity index (χ0v) is 18.5. The Labute approximate surface area is 194 Å². The van der Waals surface area contributed by atoms with Crippen LogP contribution in [0.15, 0.2) is 36.8 Å². The average Bonchev–Trinajstić information content (AvgIpc) is 3.23. The quantitative estimate of drug-likeness (QED) is 0.451. The van der Waals surface area contributed by atoms with Gasteiger partial charge in [0.2, 0.25) is 5.88 Å². The summed E-state index contributed by atoms with van der Waals surface area (Å²) in [6, 6.07) is 5.04. The highest BCUT2D eigenvalue weighted by atomic mass is 19.1. The maximum absolute atomic E-state index is 14.0. The lowest BCUT2D eigenvalue weighted by Gasteiger charge is -2.26. The summed E-state index contributed by atoms with van der Waals surface area (Å²) in [4.78, 5) is 23.9. The molecule has 1 saturated heterocycles. The van der Waals surface area contributed by atoms with E-state index in [1.54, 1.807) is 10.7 Å². The fraction of sp³-hybridized carbons (Fsp3) is 0.348. The molecule has 34 heavy (non-hydrogen) atoms. The van der Waals surface area contributed by atoms with Gasteiger partial charge in [0.05, 0.1) is 25.5 Å². The van der Waals surface area contributed by atoms with Crippen LogP contribution in [0.1, 0.15) is 59.3 Å². The van der Waals surface area contributed by atoms with Crippen LogP contribution in [0.25, 0.3) is 5.65 Å². The number of aromatic nitrogens is 6. The molecule has 6 rings (SSSR count). The zero-order valence-electron chi connectivity index (χ0n) is 18.5. The fourth-order valence-corrected chi connectivity index (χ4v) is 4.58. The molecule has 0 radical (unpaired) electrons. The number of nitrogens with zero attached hydrogens (tertiary/aromatic N) is 6. The number of ether oxygens (including phenoxy) is 1. The number of anilines is 2. The second-order valence-corrected chi connectivity index (χ2v) is 8.65. The molecule has 2 fully saturated rings. The van der Waals surface area contributed by atoms with Gasteiger partial charge in [-0.15, -0.1) is 0 Å². The van der Waals surface area contributed by atoms with Crippen molar-refractivity contribution < 1.29 is 13.9 Å². The number of amides is 1. The number of halogens is 1. The molecule has 1 amide bonds. The van der Waals surface area contributed by atoms with Crippen LogP contribution in [0.2, 0.25) is 0 Å². The second kappa shape index (κ2) is 8.08. The Morgan fingerprint density at radius 3 is 2.97 bits per heavy atom. The molecule has 10 nitrogen and oxygen atoms in total. The molecule has 0 spiro atoms. The first-order chi connectivity index (χ1) is 16.6. The van der Waals surface area contributed by atoms with Crippen molar-refractivity contribution in [3.05, 3.63) is 59.4 Å². The van der Waals surface area contributed by atoms with Gasteiger partial charge in [-0.25, -0.2) is 18.9 Å². The number of hydrogen-bond donors (Lipinski definition) is 2. The number of rotatable bonds is 6. The van der Waals surface area contributed by atoms with Crippen LogP contribution >= 0.6 is 0 Å². The van der Waals surface area contributed by atoms with Crippen LogP contribution < -0.4 is 15.0 Å². The topological polar surface area (TPSA) is 113 Å². The van der Waals surface area contributed by atoms with Crippen molar-refractivity contribution >= 4 is 23.2 Å². The molecule has 4 aromatic heterocycles.